The van der Waals surface area contributed by atoms with Gasteiger partial charge in [0.25, 0.3) is 10.0 Å². The highest BCUT2D eigenvalue weighted by Crippen LogP contribution is 2.32. The van der Waals surface area contributed by atoms with Gasteiger partial charge in [0, 0.05) is 19.5 Å². The van der Waals surface area contributed by atoms with E-state index in [-0.39, 0.29) is 35.4 Å². The summed E-state index contributed by atoms with van der Waals surface area (Å²) in [5, 5.41) is 3.01. The number of ether oxygens (including phenoxy) is 1. The van der Waals surface area contributed by atoms with Crippen LogP contribution in [-0.2, 0) is 32.6 Å². The van der Waals surface area contributed by atoms with Gasteiger partial charge in [0.15, 0.2) is 0 Å². The fraction of sp³-hybridized carbons (Fsp3) is 0.278. The summed E-state index contributed by atoms with van der Waals surface area (Å²) in [5.74, 6) is -0.333. The van der Waals surface area contributed by atoms with E-state index in [1.807, 2.05) is 75.4 Å². The van der Waals surface area contributed by atoms with Crippen LogP contribution in [0.2, 0.25) is 0 Å². The van der Waals surface area contributed by atoms with Gasteiger partial charge in [-0.3, -0.25) is 13.9 Å². The monoisotopic (exact) mass is 627 g/mol. The summed E-state index contributed by atoms with van der Waals surface area (Å²) in [5.41, 5.74) is 2.93. The van der Waals surface area contributed by atoms with Crippen LogP contribution in [0.3, 0.4) is 0 Å². The number of hydrogen-bond donors (Lipinski definition) is 1. The standard InChI is InChI=1S/C36H41N3O5S/c1-27(2)24-37-36(41)33(23-29-15-7-5-8-16-29)38(25-30-17-13-14-28(3)22-30)35(40)26-39(32-20-11-12-21-34(32)44-4)45(42,43)31-18-9-6-10-19-31/h5-22,27,33H,23-26H2,1-4H3,(H,37,41). The lowest BCUT2D eigenvalue weighted by Crippen LogP contribution is -2.53. The Morgan fingerprint density at radius 2 is 1.44 bits per heavy atom. The van der Waals surface area contributed by atoms with Crippen molar-refractivity contribution in [2.24, 2.45) is 5.92 Å². The van der Waals surface area contributed by atoms with Gasteiger partial charge in [-0.05, 0) is 48.2 Å². The van der Waals surface area contributed by atoms with Gasteiger partial charge in [0.1, 0.15) is 18.3 Å². The van der Waals surface area contributed by atoms with Gasteiger partial charge in [-0.2, -0.15) is 0 Å². The van der Waals surface area contributed by atoms with Gasteiger partial charge in [0.05, 0.1) is 17.7 Å². The van der Waals surface area contributed by atoms with Gasteiger partial charge in [-0.15, -0.1) is 0 Å². The van der Waals surface area contributed by atoms with Crippen molar-refractivity contribution >= 4 is 27.5 Å². The zero-order valence-corrected chi connectivity index (χ0v) is 27.0. The van der Waals surface area contributed by atoms with E-state index in [4.69, 9.17) is 4.74 Å². The highest BCUT2D eigenvalue weighted by Gasteiger charge is 2.35. The van der Waals surface area contributed by atoms with Gasteiger partial charge < -0.3 is 15.0 Å². The number of para-hydroxylation sites is 2. The van der Waals surface area contributed by atoms with Crippen LogP contribution in [-0.4, -0.2) is 51.4 Å². The molecule has 0 saturated heterocycles. The SMILES string of the molecule is COc1ccccc1N(CC(=O)N(Cc1cccc(C)c1)C(Cc1ccccc1)C(=O)NCC(C)C)S(=O)(=O)c1ccccc1. The van der Waals surface area contributed by atoms with E-state index in [1.54, 1.807) is 42.5 Å². The van der Waals surface area contributed by atoms with Gasteiger partial charge >= 0.3 is 0 Å². The molecule has 0 aliphatic carbocycles. The highest BCUT2D eigenvalue weighted by molar-refractivity contribution is 7.92. The number of aryl methyl sites for hydroxylation is 1. The van der Waals surface area contributed by atoms with E-state index in [2.05, 4.69) is 5.32 Å². The first-order chi connectivity index (χ1) is 21.6. The van der Waals surface area contributed by atoms with Crippen LogP contribution >= 0.6 is 0 Å². The van der Waals surface area contributed by atoms with Crippen molar-refractivity contribution in [3.63, 3.8) is 0 Å². The Morgan fingerprint density at radius 1 is 0.822 bits per heavy atom. The zero-order valence-electron chi connectivity index (χ0n) is 26.2. The number of methoxy groups -OCH3 is 1. The Morgan fingerprint density at radius 3 is 2.09 bits per heavy atom. The number of benzene rings is 4. The molecule has 9 heteroatoms. The van der Waals surface area contributed by atoms with E-state index in [0.717, 1.165) is 21.0 Å². The fourth-order valence-corrected chi connectivity index (χ4v) is 6.50. The zero-order chi connectivity index (χ0) is 32.4. The number of sulfonamides is 1. The molecule has 4 rings (SSSR count). The van der Waals surface area contributed by atoms with Crippen molar-refractivity contribution in [2.75, 3.05) is 24.5 Å². The molecule has 0 aliphatic rings. The minimum atomic E-state index is -4.22. The fourth-order valence-electron chi connectivity index (χ4n) is 5.05. The third kappa shape index (κ3) is 8.73. The lowest BCUT2D eigenvalue weighted by atomic mass is 10.0. The van der Waals surface area contributed by atoms with Gasteiger partial charge in [-0.25, -0.2) is 8.42 Å². The van der Waals surface area contributed by atoms with E-state index in [9.17, 15) is 18.0 Å². The number of nitrogens with zero attached hydrogens (tertiary/aromatic N) is 2. The van der Waals surface area contributed by atoms with Gasteiger partial charge in [-0.1, -0.05) is 104 Å². The first kappa shape index (κ1) is 33.3. The Balaban J connectivity index is 1.82. The molecule has 236 valence electrons. The maximum Gasteiger partial charge on any atom is 0.264 e. The summed E-state index contributed by atoms with van der Waals surface area (Å²) < 4.78 is 34.9. The van der Waals surface area contributed by atoms with E-state index in [0.29, 0.717) is 12.3 Å². The Kier molecular flexibility index (Phi) is 11.4. The van der Waals surface area contributed by atoms with E-state index < -0.39 is 28.5 Å². The minimum Gasteiger partial charge on any atom is -0.495 e. The molecule has 1 atom stereocenters. The molecule has 0 heterocycles. The molecule has 1 unspecified atom stereocenters. The summed E-state index contributed by atoms with van der Waals surface area (Å²) in [7, 11) is -2.76. The molecule has 1 N–H and O–H groups in total. The van der Waals surface area contributed by atoms with Crippen molar-refractivity contribution in [1.29, 1.82) is 0 Å². The summed E-state index contributed by atoms with van der Waals surface area (Å²) in [6.45, 7) is 5.96. The third-order valence-electron chi connectivity index (χ3n) is 7.35. The molecular weight excluding hydrogens is 586 g/mol. The van der Waals surface area contributed by atoms with Crippen LogP contribution in [0, 0.1) is 12.8 Å². The summed E-state index contributed by atoms with van der Waals surface area (Å²) >= 11 is 0. The second kappa shape index (κ2) is 15.4. The number of amides is 2. The lowest BCUT2D eigenvalue weighted by Gasteiger charge is -2.34. The molecular formula is C36H41N3O5S. The molecule has 0 bridgehead atoms. The third-order valence-corrected chi connectivity index (χ3v) is 9.13. The van der Waals surface area contributed by atoms with Crippen molar-refractivity contribution in [1.82, 2.24) is 10.2 Å². The first-order valence-electron chi connectivity index (χ1n) is 15.0. The highest BCUT2D eigenvalue weighted by atomic mass is 32.2. The number of carbonyl (C=O) groups excluding carboxylic acids is 2. The van der Waals surface area contributed by atoms with Crippen LogP contribution in [0.25, 0.3) is 0 Å². The smallest absolute Gasteiger partial charge is 0.264 e. The molecule has 4 aromatic rings. The van der Waals surface area contributed by atoms with Crippen LogP contribution in [0.4, 0.5) is 5.69 Å². The number of nitrogens with one attached hydrogen (secondary N) is 1. The van der Waals surface area contributed by atoms with E-state index in [1.165, 1.54) is 24.1 Å². The summed E-state index contributed by atoms with van der Waals surface area (Å²) in [6, 6.07) is 31.0. The molecule has 45 heavy (non-hydrogen) atoms. The molecule has 2 amide bonds. The van der Waals surface area contributed by atoms with Crippen molar-refractivity contribution in [3.05, 3.63) is 126 Å². The summed E-state index contributed by atoms with van der Waals surface area (Å²) in [4.78, 5) is 30.0. The summed E-state index contributed by atoms with van der Waals surface area (Å²) in [6.07, 6.45) is 0.252. The Labute approximate surface area is 266 Å². The van der Waals surface area contributed by atoms with Crippen LogP contribution in [0.15, 0.2) is 114 Å². The molecule has 0 spiro atoms. The predicted octanol–water partition coefficient (Wildman–Crippen LogP) is 5.61. The number of rotatable bonds is 14. The normalized spacial score (nSPS) is 11.9. The second-order valence-electron chi connectivity index (χ2n) is 11.4. The largest absolute Gasteiger partial charge is 0.495 e. The first-order valence-corrected chi connectivity index (χ1v) is 16.4. The Hall–Kier alpha value is -4.63. The van der Waals surface area contributed by atoms with Crippen LogP contribution < -0.4 is 14.4 Å². The molecule has 4 aromatic carbocycles. The van der Waals surface area contributed by atoms with E-state index >= 15 is 0 Å². The number of carbonyl (C=O) groups is 2. The van der Waals surface area contributed by atoms with Crippen molar-refractivity contribution < 1.29 is 22.7 Å². The quantitative estimate of drug-likeness (QED) is 0.196. The molecule has 0 fully saturated rings. The molecule has 0 aliphatic heterocycles. The second-order valence-corrected chi connectivity index (χ2v) is 13.2. The van der Waals surface area contributed by atoms with Crippen LogP contribution in [0.1, 0.15) is 30.5 Å². The molecule has 0 aromatic heterocycles. The maximum atomic E-state index is 14.6. The van der Waals surface area contributed by atoms with Crippen LogP contribution in [0.5, 0.6) is 5.75 Å². The maximum absolute atomic E-state index is 14.6. The number of hydrogen-bond acceptors (Lipinski definition) is 5. The molecule has 0 radical (unpaired) electrons. The Bertz CT molecular complexity index is 1680. The lowest BCUT2D eigenvalue weighted by molar-refractivity contribution is -0.140. The molecule has 0 saturated carbocycles. The average molecular weight is 628 g/mol. The van der Waals surface area contributed by atoms with Crippen molar-refractivity contribution in [2.45, 2.75) is 44.7 Å². The average Bonchev–Trinajstić information content (AvgIpc) is 3.04. The number of anilines is 1. The van der Waals surface area contributed by atoms with Gasteiger partial charge in [0.2, 0.25) is 11.8 Å². The predicted molar refractivity (Wildman–Crippen MR) is 177 cm³/mol. The minimum absolute atomic E-state index is 0.0319. The van der Waals surface area contributed by atoms with Crippen molar-refractivity contribution in [3.8, 4) is 5.75 Å². The molecule has 8 nitrogen and oxygen atoms in total. The topological polar surface area (TPSA) is 96.0 Å².